The van der Waals surface area contributed by atoms with E-state index < -0.39 is 10.0 Å². The second kappa shape index (κ2) is 5.38. The molecule has 0 saturated heterocycles. The Hall–Kier alpha value is -0.910. The third kappa shape index (κ3) is 3.54. The van der Waals surface area contributed by atoms with Gasteiger partial charge in [0.25, 0.3) is 10.0 Å². The van der Waals surface area contributed by atoms with Crippen LogP contribution in [0.5, 0.6) is 0 Å². The Bertz CT molecular complexity index is 516. The Labute approximate surface area is 109 Å². The first-order valence-corrected chi connectivity index (χ1v) is 7.41. The molecule has 1 aromatic carbocycles. The first kappa shape index (κ1) is 15.1. The van der Waals surface area contributed by atoms with Crippen LogP contribution in [-0.2, 0) is 20.3 Å². The Morgan fingerprint density at radius 3 is 2.39 bits per heavy atom. The van der Waals surface area contributed by atoms with E-state index in [2.05, 4.69) is 4.89 Å². The average molecular weight is 271 g/mol. The van der Waals surface area contributed by atoms with Crippen LogP contribution < -0.4 is 4.89 Å². The minimum Gasteiger partial charge on any atom is -0.287 e. The maximum atomic E-state index is 12.1. The Kier molecular flexibility index (Phi) is 4.53. The third-order valence-electron chi connectivity index (χ3n) is 2.66. The second-order valence-electron chi connectivity index (χ2n) is 5.25. The van der Waals surface area contributed by atoms with Crippen molar-refractivity contribution in [3.05, 3.63) is 29.3 Å². The molecule has 0 radical (unpaired) electrons. The van der Waals surface area contributed by atoms with Gasteiger partial charge in [0.1, 0.15) is 0 Å². The summed E-state index contributed by atoms with van der Waals surface area (Å²) in [5, 5.41) is 0. The fourth-order valence-electron chi connectivity index (χ4n) is 1.54. The van der Waals surface area contributed by atoms with Crippen molar-refractivity contribution < 1.29 is 13.3 Å². The van der Waals surface area contributed by atoms with Crippen LogP contribution in [0.4, 0.5) is 0 Å². The van der Waals surface area contributed by atoms with Crippen LogP contribution in [-0.4, -0.2) is 15.0 Å². The van der Waals surface area contributed by atoms with Gasteiger partial charge >= 0.3 is 0 Å². The molecule has 102 valence electrons. The Balaban J connectivity index is 3.24. The molecule has 1 rings (SSSR count). The van der Waals surface area contributed by atoms with Gasteiger partial charge in [-0.15, -0.1) is 0 Å². The van der Waals surface area contributed by atoms with Crippen molar-refractivity contribution in [2.75, 3.05) is 6.61 Å². The third-order valence-corrected chi connectivity index (χ3v) is 4.01. The summed E-state index contributed by atoms with van der Waals surface area (Å²) >= 11 is 0. The van der Waals surface area contributed by atoms with Gasteiger partial charge in [-0.05, 0) is 36.5 Å². The monoisotopic (exact) mass is 271 g/mol. The molecule has 0 fully saturated rings. The summed E-state index contributed by atoms with van der Waals surface area (Å²) in [6, 6.07) is 5.48. The zero-order chi connectivity index (χ0) is 14.0. The lowest BCUT2D eigenvalue weighted by atomic mass is 9.87. The van der Waals surface area contributed by atoms with E-state index in [1.807, 2.05) is 32.9 Å². The van der Waals surface area contributed by atoms with Crippen LogP contribution in [0.1, 0.15) is 38.8 Å². The van der Waals surface area contributed by atoms with E-state index in [4.69, 9.17) is 4.84 Å². The first-order valence-electron chi connectivity index (χ1n) is 5.93. The molecule has 0 unspecified atom stereocenters. The largest absolute Gasteiger partial charge is 0.287 e. The smallest absolute Gasteiger partial charge is 0.262 e. The topological polar surface area (TPSA) is 55.4 Å². The molecular formula is C13H21NO3S. The van der Waals surface area contributed by atoms with Crippen molar-refractivity contribution in [1.82, 2.24) is 4.89 Å². The number of rotatable bonds is 4. The van der Waals surface area contributed by atoms with E-state index in [1.165, 1.54) is 0 Å². The number of aryl methyl sites for hydroxylation is 1. The molecule has 0 heterocycles. The molecule has 18 heavy (non-hydrogen) atoms. The molecule has 0 spiro atoms. The van der Waals surface area contributed by atoms with E-state index in [0.717, 1.165) is 5.56 Å². The van der Waals surface area contributed by atoms with Crippen LogP contribution in [0, 0.1) is 6.92 Å². The lowest BCUT2D eigenvalue weighted by Gasteiger charge is -2.20. The van der Waals surface area contributed by atoms with E-state index >= 15 is 0 Å². The summed E-state index contributed by atoms with van der Waals surface area (Å²) in [6.45, 7) is 9.92. The van der Waals surface area contributed by atoms with E-state index in [0.29, 0.717) is 5.56 Å². The highest BCUT2D eigenvalue weighted by atomic mass is 32.2. The molecule has 1 aromatic rings. The maximum absolute atomic E-state index is 12.1. The molecule has 0 aliphatic heterocycles. The Morgan fingerprint density at radius 2 is 1.89 bits per heavy atom. The minimum atomic E-state index is -3.61. The Morgan fingerprint density at radius 1 is 1.28 bits per heavy atom. The van der Waals surface area contributed by atoms with Crippen LogP contribution >= 0.6 is 0 Å². The van der Waals surface area contributed by atoms with Crippen molar-refractivity contribution in [1.29, 1.82) is 0 Å². The standard InChI is InChI=1S/C13H21NO3S/c1-6-17-14-18(15,16)12-9-11(13(3,4)5)8-7-10(12)2/h7-9,14H,6H2,1-5H3. The number of benzene rings is 1. The summed E-state index contributed by atoms with van der Waals surface area (Å²) in [5.74, 6) is 0. The lowest BCUT2D eigenvalue weighted by Crippen LogP contribution is -2.25. The van der Waals surface area contributed by atoms with E-state index in [1.54, 1.807) is 19.9 Å². The number of sulfonamides is 1. The second-order valence-corrected chi connectivity index (χ2v) is 6.86. The van der Waals surface area contributed by atoms with Crippen molar-refractivity contribution in [2.45, 2.75) is 44.9 Å². The van der Waals surface area contributed by atoms with Crippen molar-refractivity contribution in [3.8, 4) is 0 Å². The number of nitrogens with one attached hydrogen (secondary N) is 1. The van der Waals surface area contributed by atoms with Crippen LogP contribution in [0.2, 0.25) is 0 Å². The SMILES string of the molecule is CCONS(=O)(=O)c1cc(C(C)(C)C)ccc1C. The first-order chi connectivity index (χ1) is 8.18. The van der Waals surface area contributed by atoms with Gasteiger partial charge in [-0.2, -0.15) is 0 Å². The predicted octanol–water partition coefficient (Wildman–Crippen LogP) is 2.52. The quantitative estimate of drug-likeness (QED) is 0.856. The van der Waals surface area contributed by atoms with Gasteiger partial charge in [0.15, 0.2) is 0 Å². The van der Waals surface area contributed by atoms with Gasteiger partial charge in [-0.3, -0.25) is 4.84 Å². The van der Waals surface area contributed by atoms with Gasteiger partial charge in [-0.1, -0.05) is 37.8 Å². The van der Waals surface area contributed by atoms with Gasteiger partial charge in [0.2, 0.25) is 0 Å². The summed E-state index contributed by atoms with van der Waals surface area (Å²) < 4.78 is 24.1. The maximum Gasteiger partial charge on any atom is 0.262 e. The summed E-state index contributed by atoms with van der Waals surface area (Å²) in [5.41, 5.74) is 1.59. The average Bonchev–Trinajstić information content (AvgIpc) is 2.25. The van der Waals surface area contributed by atoms with E-state index in [-0.39, 0.29) is 16.9 Å². The normalized spacial score (nSPS) is 12.7. The van der Waals surface area contributed by atoms with Gasteiger partial charge in [0, 0.05) is 0 Å². The molecule has 0 aliphatic carbocycles. The van der Waals surface area contributed by atoms with Crippen molar-refractivity contribution in [3.63, 3.8) is 0 Å². The predicted molar refractivity (Wildman–Crippen MR) is 71.8 cm³/mol. The molecule has 5 heteroatoms. The molecule has 0 amide bonds. The molecule has 0 aromatic heterocycles. The minimum absolute atomic E-state index is 0.0937. The zero-order valence-electron chi connectivity index (χ0n) is 11.6. The zero-order valence-corrected chi connectivity index (χ0v) is 12.4. The van der Waals surface area contributed by atoms with Crippen molar-refractivity contribution in [2.24, 2.45) is 0 Å². The molecule has 0 bridgehead atoms. The molecule has 0 aliphatic rings. The highest BCUT2D eigenvalue weighted by molar-refractivity contribution is 7.89. The molecular weight excluding hydrogens is 250 g/mol. The van der Waals surface area contributed by atoms with Gasteiger partial charge in [0.05, 0.1) is 11.5 Å². The highest BCUT2D eigenvalue weighted by Crippen LogP contribution is 2.26. The fourth-order valence-corrected chi connectivity index (χ4v) is 2.67. The van der Waals surface area contributed by atoms with Crippen molar-refractivity contribution >= 4 is 10.0 Å². The van der Waals surface area contributed by atoms with Crippen LogP contribution in [0.25, 0.3) is 0 Å². The highest BCUT2D eigenvalue weighted by Gasteiger charge is 2.21. The fraction of sp³-hybridized carbons (Fsp3) is 0.538. The van der Waals surface area contributed by atoms with Gasteiger partial charge < -0.3 is 0 Å². The van der Waals surface area contributed by atoms with E-state index in [9.17, 15) is 8.42 Å². The lowest BCUT2D eigenvalue weighted by molar-refractivity contribution is 0.105. The molecule has 0 atom stereocenters. The summed E-state index contributed by atoms with van der Waals surface area (Å²) in [6.07, 6.45) is 0. The van der Waals surface area contributed by atoms with Crippen LogP contribution in [0.15, 0.2) is 23.1 Å². The van der Waals surface area contributed by atoms with Crippen LogP contribution in [0.3, 0.4) is 0 Å². The molecule has 1 N–H and O–H groups in total. The number of hydrogen-bond donors (Lipinski definition) is 1. The molecule has 0 saturated carbocycles. The number of hydrogen-bond acceptors (Lipinski definition) is 3. The summed E-state index contributed by atoms with van der Waals surface area (Å²) in [7, 11) is -3.61. The summed E-state index contributed by atoms with van der Waals surface area (Å²) in [4.78, 5) is 7.18. The van der Waals surface area contributed by atoms with Gasteiger partial charge in [-0.25, -0.2) is 8.42 Å². The molecule has 4 nitrogen and oxygen atoms in total.